The Bertz CT molecular complexity index is 929. The number of hydrogen-bond donors (Lipinski definition) is 2. The van der Waals surface area contributed by atoms with Crippen LogP contribution in [0, 0.1) is 0 Å². The van der Waals surface area contributed by atoms with Gasteiger partial charge in [-0.1, -0.05) is 19.4 Å². The van der Waals surface area contributed by atoms with Crippen LogP contribution in [-0.4, -0.2) is 88.0 Å². The number of aliphatic imine (C=N–C) groups is 1. The second-order valence-corrected chi connectivity index (χ2v) is 9.57. The monoisotopic (exact) mass is 465 g/mol. The van der Waals surface area contributed by atoms with Gasteiger partial charge in [0, 0.05) is 57.4 Å². The van der Waals surface area contributed by atoms with E-state index in [0.29, 0.717) is 11.8 Å². The second-order valence-electron chi connectivity index (χ2n) is 9.57. The molecule has 2 aliphatic rings. The first kappa shape index (κ1) is 24.7. The highest BCUT2D eigenvalue weighted by atomic mass is 16.3. The van der Waals surface area contributed by atoms with Crippen LogP contribution >= 0.6 is 0 Å². The number of rotatable bonds is 9. The van der Waals surface area contributed by atoms with E-state index < -0.39 is 0 Å². The predicted octanol–water partition coefficient (Wildman–Crippen LogP) is 3.55. The number of aliphatic hydroxyl groups is 1. The summed E-state index contributed by atoms with van der Waals surface area (Å²) in [5, 5.41) is 13.2. The summed E-state index contributed by atoms with van der Waals surface area (Å²) in [5.74, 6) is 1.27. The Labute approximate surface area is 203 Å². The van der Waals surface area contributed by atoms with Gasteiger partial charge in [0.25, 0.3) is 0 Å². The van der Waals surface area contributed by atoms with Gasteiger partial charge >= 0.3 is 0 Å². The molecule has 1 aliphatic heterocycles. The fraction of sp³-hybridized carbons (Fsp3) is 0.615. The molecule has 34 heavy (non-hydrogen) atoms. The highest BCUT2D eigenvalue weighted by Crippen LogP contribution is 2.29. The fourth-order valence-corrected chi connectivity index (χ4v) is 4.39. The van der Waals surface area contributed by atoms with Crippen LogP contribution < -0.4 is 5.32 Å². The minimum absolute atomic E-state index is 0.213. The number of nitrogens with zero attached hydrogens (tertiary/aromatic N) is 6. The van der Waals surface area contributed by atoms with Crippen LogP contribution in [0.1, 0.15) is 51.0 Å². The summed E-state index contributed by atoms with van der Waals surface area (Å²) in [6.07, 6.45) is 9.95. The molecule has 3 heterocycles. The summed E-state index contributed by atoms with van der Waals surface area (Å²) in [6, 6.07) is 4.23. The van der Waals surface area contributed by atoms with Crippen LogP contribution in [0.2, 0.25) is 0 Å². The van der Waals surface area contributed by atoms with Crippen molar-refractivity contribution in [2.45, 2.75) is 58.0 Å². The molecule has 0 atom stereocenters. The zero-order valence-electron chi connectivity index (χ0n) is 20.7. The van der Waals surface area contributed by atoms with Crippen LogP contribution in [-0.2, 0) is 6.42 Å². The summed E-state index contributed by atoms with van der Waals surface area (Å²) >= 11 is 0. The van der Waals surface area contributed by atoms with E-state index in [2.05, 4.69) is 46.2 Å². The van der Waals surface area contributed by atoms with Crippen LogP contribution in [0.15, 0.2) is 29.5 Å². The van der Waals surface area contributed by atoms with E-state index in [-0.39, 0.29) is 6.10 Å². The second kappa shape index (κ2) is 12.3. The van der Waals surface area contributed by atoms with Crippen molar-refractivity contribution < 1.29 is 5.11 Å². The number of hydrogen-bond acceptors (Lipinski definition) is 8. The van der Waals surface area contributed by atoms with E-state index in [1.165, 1.54) is 5.56 Å². The van der Waals surface area contributed by atoms with Crippen LogP contribution in [0.4, 0.5) is 11.8 Å². The van der Waals surface area contributed by atoms with Crippen molar-refractivity contribution >= 4 is 17.5 Å². The molecule has 4 rings (SSSR count). The van der Waals surface area contributed by atoms with Crippen molar-refractivity contribution in [1.82, 2.24) is 24.8 Å². The topological polar surface area (TPSA) is 89.8 Å². The number of piperazine rings is 1. The lowest BCUT2D eigenvalue weighted by Gasteiger charge is -2.32. The van der Waals surface area contributed by atoms with Gasteiger partial charge < -0.3 is 20.2 Å². The number of anilines is 1. The molecule has 0 bridgehead atoms. The molecule has 0 amide bonds. The van der Waals surface area contributed by atoms with Crippen molar-refractivity contribution in [3.05, 3.63) is 30.1 Å². The number of likely N-dealkylation sites (N-methyl/N-ethyl adjacent to an activating group) is 1. The Morgan fingerprint density at radius 3 is 2.59 bits per heavy atom. The van der Waals surface area contributed by atoms with Crippen molar-refractivity contribution in [1.29, 1.82) is 0 Å². The maximum absolute atomic E-state index is 9.85. The molecule has 0 spiro atoms. The Morgan fingerprint density at radius 1 is 1.09 bits per heavy atom. The van der Waals surface area contributed by atoms with Gasteiger partial charge in [-0.2, -0.15) is 4.98 Å². The van der Waals surface area contributed by atoms with E-state index in [1.54, 1.807) is 0 Å². The lowest BCUT2D eigenvalue weighted by molar-refractivity contribution is 0.152. The summed E-state index contributed by atoms with van der Waals surface area (Å²) in [6.45, 7) is 8.65. The Morgan fingerprint density at radius 2 is 1.88 bits per heavy atom. The normalized spacial score (nSPS) is 19.9. The molecule has 2 aromatic rings. The summed E-state index contributed by atoms with van der Waals surface area (Å²) < 4.78 is 0. The molecular weight excluding hydrogens is 426 g/mol. The molecular formula is C26H39N7O. The quantitative estimate of drug-likeness (QED) is 0.548. The van der Waals surface area contributed by atoms with Crippen molar-refractivity contribution in [2.24, 2.45) is 4.99 Å². The smallest absolute Gasteiger partial charge is 0.224 e. The van der Waals surface area contributed by atoms with E-state index in [0.717, 1.165) is 101 Å². The minimum Gasteiger partial charge on any atom is -0.393 e. The molecule has 1 aliphatic carbocycles. The molecule has 184 valence electrons. The molecule has 8 heteroatoms. The molecule has 0 aromatic carbocycles. The fourth-order valence-electron chi connectivity index (χ4n) is 4.39. The maximum atomic E-state index is 9.85. The van der Waals surface area contributed by atoms with Crippen LogP contribution in [0.3, 0.4) is 0 Å². The lowest BCUT2D eigenvalue weighted by atomic mass is 9.96. The van der Waals surface area contributed by atoms with E-state index in [1.807, 2.05) is 12.4 Å². The zero-order chi connectivity index (χ0) is 23.8. The summed E-state index contributed by atoms with van der Waals surface area (Å²) in [4.78, 5) is 23.9. The molecule has 2 N–H and O–H groups in total. The Balaban J connectivity index is 1.48. The predicted molar refractivity (Wildman–Crippen MR) is 138 cm³/mol. The van der Waals surface area contributed by atoms with Gasteiger partial charge in [0.2, 0.25) is 5.95 Å². The van der Waals surface area contributed by atoms with Gasteiger partial charge in [-0.05, 0) is 57.2 Å². The van der Waals surface area contributed by atoms with Gasteiger partial charge in [-0.25, -0.2) is 9.98 Å². The van der Waals surface area contributed by atoms with Gasteiger partial charge in [0.1, 0.15) is 0 Å². The standard InChI is InChI=1S/C26H39N7O/c1-3-4-12-27-26-29-19-23(25(31-26)30-21-6-8-22(34)9-7-21)24-10-5-20(18-28-24)11-13-33-16-14-32(2)15-17-33/h5,10,18-19,22,34H,3-4,6-9,11-17H2,1-2H3,(H,27,29,31). The van der Waals surface area contributed by atoms with Gasteiger partial charge in [0.05, 0.1) is 17.4 Å². The van der Waals surface area contributed by atoms with Crippen LogP contribution in [0.25, 0.3) is 11.3 Å². The van der Waals surface area contributed by atoms with Gasteiger partial charge in [0.15, 0.2) is 5.82 Å². The van der Waals surface area contributed by atoms with Crippen molar-refractivity contribution in [3.63, 3.8) is 0 Å². The SMILES string of the molecule is CCCCNc1ncc(-c2ccc(CCN3CCN(C)CC3)cn2)c(N=C2CCC(O)CC2)n1. The molecule has 1 saturated heterocycles. The molecule has 0 unspecified atom stereocenters. The number of aromatic nitrogens is 3. The Hall–Kier alpha value is -2.42. The number of pyridine rings is 1. The summed E-state index contributed by atoms with van der Waals surface area (Å²) in [5.41, 5.74) is 4.04. The molecule has 0 radical (unpaired) electrons. The third kappa shape index (κ3) is 7.04. The highest BCUT2D eigenvalue weighted by Gasteiger charge is 2.18. The molecule has 2 aromatic heterocycles. The largest absolute Gasteiger partial charge is 0.393 e. The van der Waals surface area contributed by atoms with Crippen molar-refractivity contribution in [2.75, 3.05) is 51.6 Å². The number of nitrogens with one attached hydrogen (secondary N) is 1. The number of unbranched alkanes of at least 4 members (excludes halogenated alkanes) is 1. The third-order valence-electron chi connectivity index (χ3n) is 6.79. The van der Waals surface area contributed by atoms with E-state index in [4.69, 9.17) is 15.0 Å². The molecule has 1 saturated carbocycles. The minimum atomic E-state index is -0.213. The average Bonchev–Trinajstić information content (AvgIpc) is 2.86. The third-order valence-corrected chi connectivity index (χ3v) is 6.79. The maximum Gasteiger partial charge on any atom is 0.224 e. The first-order valence-electron chi connectivity index (χ1n) is 12.8. The molecule has 8 nitrogen and oxygen atoms in total. The number of aliphatic hydroxyl groups excluding tert-OH is 1. The van der Waals surface area contributed by atoms with E-state index in [9.17, 15) is 5.11 Å². The molecule has 2 fully saturated rings. The van der Waals surface area contributed by atoms with E-state index >= 15 is 0 Å². The highest BCUT2D eigenvalue weighted by molar-refractivity contribution is 5.89. The Kier molecular flexibility index (Phi) is 8.96. The van der Waals surface area contributed by atoms with Gasteiger partial charge in [-0.15, -0.1) is 0 Å². The van der Waals surface area contributed by atoms with Crippen molar-refractivity contribution in [3.8, 4) is 11.3 Å². The van der Waals surface area contributed by atoms with Gasteiger partial charge in [-0.3, -0.25) is 4.98 Å². The zero-order valence-corrected chi connectivity index (χ0v) is 20.7. The lowest BCUT2D eigenvalue weighted by Crippen LogP contribution is -2.45. The summed E-state index contributed by atoms with van der Waals surface area (Å²) in [7, 11) is 2.19. The average molecular weight is 466 g/mol. The first-order chi connectivity index (χ1) is 16.6. The first-order valence-corrected chi connectivity index (χ1v) is 12.8. The van der Waals surface area contributed by atoms with Crippen LogP contribution in [0.5, 0.6) is 0 Å².